The van der Waals surface area contributed by atoms with Gasteiger partial charge in [0.05, 0.1) is 15.6 Å². The van der Waals surface area contributed by atoms with Crippen LogP contribution in [0.25, 0.3) is 17.1 Å². The number of pyridine rings is 1. The SMILES string of the molecule is CCc1nc(-c2cccnc2)[n+](C)n1-c1c(Cl)cc(Cl)cc1Cl. The summed E-state index contributed by atoms with van der Waals surface area (Å²) < 4.78 is 3.82. The molecule has 0 aliphatic carbocycles. The van der Waals surface area contributed by atoms with Gasteiger partial charge in [0.25, 0.3) is 5.82 Å². The summed E-state index contributed by atoms with van der Waals surface area (Å²) in [5.74, 6) is 1.63. The first-order valence-electron chi connectivity index (χ1n) is 7.06. The molecule has 0 aliphatic rings. The number of benzene rings is 1. The second-order valence-electron chi connectivity index (χ2n) is 5.00. The van der Waals surface area contributed by atoms with Crippen molar-refractivity contribution in [2.45, 2.75) is 13.3 Å². The molecule has 23 heavy (non-hydrogen) atoms. The molecule has 118 valence electrons. The number of nitrogens with zero attached hydrogens (tertiary/aromatic N) is 4. The number of rotatable bonds is 3. The van der Waals surface area contributed by atoms with E-state index in [1.807, 2.05) is 35.5 Å². The molecule has 0 saturated heterocycles. The van der Waals surface area contributed by atoms with Gasteiger partial charge < -0.3 is 0 Å². The summed E-state index contributed by atoms with van der Waals surface area (Å²) >= 11 is 18.8. The van der Waals surface area contributed by atoms with Crippen molar-refractivity contribution in [1.29, 1.82) is 0 Å². The van der Waals surface area contributed by atoms with Crippen LogP contribution < -0.4 is 4.68 Å². The summed E-state index contributed by atoms with van der Waals surface area (Å²) in [6.07, 6.45) is 4.23. The van der Waals surface area contributed by atoms with Gasteiger partial charge in [-0.3, -0.25) is 4.98 Å². The third-order valence-electron chi connectivity index (χ3n) is 3.52. The molecule has 3 rings (SSSR count). The van der Waals surface area contributed by atoms with Gasteiger partial charge in [-0.1, -0.05) is 41.7 Å². The molecule has 1 aromatic carbocycles. The molecule has 4 nitrogen and oxygen atoms in total. The van der Waals surface area contributed by atoms with Gasteiger partial charge in [0.15, 0.2) is 0 Å². The Bertz CT molecular complexity index is 836. The fourth-order valence-corrected chi connectivity index (χ4v) is 3.48. The topological polar surface area (TPSA) is 34.6 Å². The van der Waals surface area contributed by atoms with Crippen molar-refractivity contribution >= 4 is 34.8 Å². The van der Waals surface area contributed by atoms with Crippen molar-refractivity contribution in [3.8, 4) is 17.1 Å². The number of hydrogen-bond donors (Lipinski definition) is 0. The van der Waals surface area contributed by atoms with E-state index in [-0.39, 0.29) is 0 Å². The molecule has 0 atom stereocenters. The standard InChI is InChI=1S/C16H14Cl3N4/c1-3-14-21-16(10-5-4-6-20-9-10)22(2)23(14)15-12(18)7-11(17)8-13(15)19/h4-9H,3H2,1-2H3/q+1. The fraction of sp³-hybridized carbons (Fsp3) is 0.188. The van der Waals surface area contributed by atoms with Gasteiger partial charge >= 0.3 is 5.82 Å². The second kappa shape index (κ2) is 6.48. The average molecular weight is 369 g/mol. The van der Waals surface area contributed by atoms with Crippen LogP contribution in [0.1, 0.15) is 12.7 Å². The van der Waals surface area contributed by atoms with E-state index in [1.165, 1.54) is 0 Å². The number of halogens is 3. The summed E-state index contributed by atoms with van der Waals surface area (Å²) in [6.45, 7) is 2.03. The maximum atomic E-state index is 6.38. The van der Waals surface area contributed by atoms with Crippen LogP contribution in [0.15, 0.2) is 36.7 Å². The molecule has 0 spiro atoms. The van der Waals surface area contributed by atoms with E-state index >= 15 is 0 Å². The number of aryl methyl sites for hydroxylation is 1. The number of hydrogen-bond acceptors (Lipinski definition) is 2. The van der Waals surface area contributed by atoms with E-state index in [0.717, 1.165) is 23.6 Å². The maximum absolute atomic E-state index is 6.38. The molecule has 2 heterocycles. The minimum absolute atomic E-state index is 0.475. The van der Waals surface area contributed by atoms with Crippen molar-refractivity contribution < 1.29 is 4.68 Å². The van der Waals surface area contributed by atoms with Gasteiger partial charge in [0.2, 0.25) is 0 Å². The van der Waals surface area contributed by atoms with Crippen molar-refractivity contribution in [3.63, 3.8) is 0 Å². The molecule has 0 fully saturated rings. The Hall–Kier alpha value is -1.62. The molecule has 0 N–H and O–H groups in total. The number of aromatic nitrogens is 4. The second-order valence-corrected chi connectivity index (χ2v) is 6.25. The molecule has 0 radical (unpaired) electrons. The maximum Gasteiger partial charge on any atom is 0.352 e. The Morgan fingerprint density at radius 2 is 1.87 bits per heavy atom. The molecule has 3 aromatic rings. The monoisotopic (exact) mass is 367 g/mol. The van der Waals surface area contributed by atoms with Crippen molar-refractivity contribution in [2.75, 3.05) is 0 Å². The third kappa shape index (κ3) is 2.94. The lowest BCUT2D eigenvalue weighted by molar-refractivity contribution is -0.735. The highest BCUT2D eigenvalue weighted by Crippen LogP contribution is 2.32. The predicted octanol–water partition coefficient (Wildman–Crippen LogP) is 4.28. The average Bonchev–Trinajstić information content (AvgIpc) is 2.84. The van der Waals surface area contributed by atoms with Crippen LogP contribution in [-0.4, -0.2) is 14.6 Å². The molecule has 7 heteroatoms. The zero-order valence-electron chi connectivity index (χ0n) is 12.6. The van der Waals surface area contributed by atoms with Crippen LogP contribution in [0.2, 0.25) is 15.1 Å². The molecular weight excluding hydrogens is 355 g/mol. The summed E-state index contributed by atoms with van der Waals surface area (Å²) in [5.41, 5.74) is 1.59. The molecule has 0 saturated carbocycles. The van der Waals surface area contributed by atoms with Crippen molar-refractivity contribution in [2.24, 2.45) is 7.05 Å². The lowest BCUT2D eigenvalue weighted by Gasteiger charge is -2.09. The van der Waals surface area contributed by atoms with E-state index in [9.17, 15) is 0 Å². The Morgan fingerprint density at radius 1 is 1.17 bits per heavy atom. The highest BCUT2D eigenvalue weighted by atomic mass is 35.5. The minimum atomic E-state index is 0.475. The van der Waals surface area contributed by atoms with Crippen LogP contribution in [0.4, 0.5) is 0 Å². The normalized spacial score (nSPS) is 11.0. The van der Waals surface area contributed by atoms with Gasteiger partial charge in [-0.15, -0.1) is 9.36 Å². The Balaban J connectivity index is 2.27. The van der Waals surface area contributed by atoms with Gasteiger partial charge in [-0.2, -0.15) is 0 Å². The van der Waals surface area contributed by atoms with E-state index in [1.54, 1.807) is 24.5 Å². The summed E-state index contributed by atoms with van der Waals surface area (Å²) in [6, 6.07) is 7.19. The predicted molar refractivity (Wildman–Crippen MR) is 92.4 cm³/mol. The lowest BCUT2D eigenvalue weighted by atomic mass is 10.3. The molecule has 0 unspecified atom stereocenters. The highest BCUT2D eigenvalue weighted by molar-refractivity contribution is 6.40. The zero-order chi connectivity index (χ0) is 16.6. The minimum Gasteiger partial charge on any atom is -0.264 e. The lowest BCUT2D eigenvalue weighted by Crippen LogP contribution is -2.40. The molecule has 0 bridgehead atoms. The molecule has 0 amide bonds. The largest absolute Gasteiger partial charge is 0.352 e. The molecule has 0 aliphatic heterocycles. The quantitative estimate of drug-likeness (QED) is 0.647. The highest BCUT2D eigenvalue weighted by Gasteiger charge is 2.27. The Morgan fingerprint density at radius 3 is 2.43 bits per heavy atom. The van der Waals surface area contributed by atoms with Crippen molar-refractivity contribution in [1.82, 2.24) is 14.6 Å². The van der Waals surface area contributed by atoms with E-state index in [0.29, 0.717) is 20.8 Å². The third-order valence-corrected chi connectivity index (χ3v) is 4.31. The van der Waals surface area contributed by atoms with Crippen LogP contribution in [0.3, 0.4) is 0 Å². The first-order chi connectivity index (χ1) is 11.0. The van der Waals surface area contributed by atoms with E-state index in [2.05, 4.69) is 4.98 Å². The van der Waals surface area contributed by atoms with Crippen LogP contribution >= 0.6 is 34.8 Å². The Kier molecular flexibility index (Phi) is 4.57. The smallest absolute Gasteiger partial charge is 0.264 e. The summed E-state index contributed by atoms with van der Waals surface area (Å²) in [5, 5.41) is 1.45. The van der Waals surface area contributed by atoms with Crippen LogP contribution in [0.5, 0.6) is 0 Å². The zero-order valence-corrected chi connectivity index (χ0v) is 14.9. The summed E-state index contributed by atoms with van der Waals surface area (Å²) in [4.78, 5) is 8.87. The van der Waals surface area contributed by atoms with Gasteiger partial charge in [0.1, 0.15) is 12.7 Å². The van der Waals surface area contributed by atoms with Gasteiger partial charge in [0, 0.05) is 23.8 Å². The van der Waals surface area contributed by atoms with Gasteiger partial charge in [-0.25, -0.2) is 0 Å². The van der Waals surface area contributed by atoms with Crippen molar-refractivity contribution in [3.05, 3.63) is 57.6 Å². The summed E-state index contributed by atoms with van der Waals surface area (Å²) in [7, 11) is 1.91. The van der Waals surface area contributed by atoms with Gasteiger partial charge in [-0.05, 0) is 29.2 Å². The fourth-order valence-electron chi connectivity index (χ4n) is 2.50. The first-order valence-corrected chi connectivity index (χ1v) is 8.19. The van der Waals surface area contributed by atoms with E-state index < -0.39 is 0 Å². The molecular formula is C16H14Cl3N4+. The Labute approximate surface area is 149 Å². The molecule has 2 aromatic heterocycles. The first kappa shape index (κ1) is 16.2. The van der Waals surface area contributed by atoms with E-state index in [4.69, 9.17) is 39.8 Å². The van der Waals surface area contributed by atoms with Crippen LogP contribution in [-0.2, 0) is 13.5 Å². The van der Waals surface area contributed by atoms with Crippen LogP contribution in [0, 0.1) is 0 Å².